The van der Waals surface area contributed by atoms with Crippen molar-refractivity contribution in [3.05, 3.63) is 33.8 Å². The van der Waals surface area contributed by atoms with E-state index in [1.807, 2.05) is 0 Å². The minimum absolute atomic E-state index is 0.0836. The Morgan fingerprint density at radius 3 is 2.70 bits per heavy atom. The van der Waals surface area contributed by atoms with E-state index < -0.39 is 5.97 Å². The lowest BCUT2D eigenvalue weighted by Gasteiger charge is -2.08. The Balaban J connectivity index is 1.73. The van der Waals surface area contributed by atoms with Crippen molar-refractivity contribution in [2.24, 2.45) is 0 Å². The molecule has 1 aliphatic rings. The Morgan fingerprint density at radius 1 is 1.35 bits per heavy atom. The summed E-state index contributed by atoms with van der Waals surface area (Å²) in [5.74, 6) is -0.859. The van der Waals surface area contributed by atoms with Gasteiger partial charge in [-0.2, -0.15) is 0 Å². The Kier molecular flexibility index (Phi) is 5.14. The maximum absolute atomic E-state index is 11.5. The predicted octanol–water partition coefficient (Wildman–Crippen LogP) is 1.91. The summed E-state index contributed by atoms with van der Waals surface area (Å²) < 4.78 is 0.757. The van der Waals surface area contributed by atoms with E-state index in [4.69, 9.17) is 5.11 Å². The van der Waals surface area contributed by atoms with Crippen LogP contribution in [0.3, 0.4) is 0 Å². The van der Waals surface area contributed by atoms with E-state index >= 15 is 0 Å². The Morgan fingerprint density at radius 2 is 2.10 bits per heavy atom. The third-order valence-corrected chi connectivity index (χ3v) is 3.82. The first-order valence-electron chi connectivity index (χ1n) is 6.58. The number of rotatable bonds is 7. The van der Waals surface area contributed by atoms with Gasteiger partial charge in [0, 0.05) is 30.0 Å². The minimum atomic E-state index is -0.943. The van der Waals surface area contributed by atoms with E-state index in [0.717, 1.165) is 22.9 Å². The number of halogens is 1. The van der Waals surface area contributed by atoms with Crippen LogP contribution < -0.4 is 10.6 Å². The summed E-state index contributed by atoms with van der Waals surface area (Å²) in [6.07, 6.45) is 2.66. The highest BCUT2D eigenvalue weighted by Gasteiger charge is 2.22. The molecule has 0 aliphatic heterocycles. The molecule has 1 fully saturated rings. The van der Waals surface area contributed by atoms with Crippen molar-refractivity contribution in [3.63, 3.8) is 0 Å². The lowest BCUT2D eigenvalue weighted by molar-refractivity contribution is -0.121. The second-order valence-electron chi connectivity index (χ2n) is 4.88. The number of carboxylic acid groups (broad SMARTS) is 1. The maximum atomic E-state index is 11.5. The topological polar surface area (TPSA) is 78.4 Å². The summed E-state index contributed by atoms with van der Waals surface area (Å²) in [5, 5.41) is 15.0. The van der Waals surface area contributed by atoms with Gasteiger partial charge in [0.2, 0.25) is 5.91 Å². The molecule has 1 aromatic rings. The van der Waals surface area contributed by atoms with Crippen molar-refractivity contribution in [2.75, 3.05) is 6.54 Å². The van der Waals surface area contributed by atoms with Gasteiger partial charge in [0.1, 0.15) is 0 Å². The molecule has 1 saturated carbocycles. The molecule has 5 nitrogen and oxygen atoms in total. The zero-order valence-corrected chi connectivity index (χ0v) is 12.6. The Hall–Kier alpha value is -1.40. The quantitative estimate of drug-likeness (QED) is 0.662. The lowest BCUT2D eigenvalue weighted by Crippen LogP contribution is -2.29. The summed E-state index contributed by atoms with van der Waals surface area (Å²) in [6.45, 7) is 1.20. The zero-order chi connectivity index (χ0) is 14.5. The van der Waals surface area contributed by atoms with Gasteiger partial charge >= 0.3 is 5.97 Å². The lowest BCUT2D eigenvalue weighted by atomic mass is 10.1. The van der Waals surface area contributed by atoms with Gasteiger partial charge in [-0.05, 0) is 30.5 Å². The van der Waals surface area contributed by atoms with Crippen molar-refractivity contribution in [1.82, 2.24) is 10.6 Å². The minimum Gasteiger partial charge on any atom is -0.478 e. The van der Waals surface area contributed by atoms with Crippen LogP contribution in [0.4, 0.5) is 0 Å². The van der Waals surface area contributed by atoms with Crippen LogP contribution >= 0.6 is 15.9 Å². The van der Waals surface area contributed by atoms with Crippen molar-refractivity contribution >= 4 is 27.8 Å². The van der Waals surface area contributed by atoms with E-state index in [-0.39, 0.29) is 11.5 Å². The number of hydrogen-bond donors (Lipinski definition) is 3. The van der Waals surface area contributed by atoms with Gasteiger partial charge in [-0.1, -0.05) is 22.0 Å². The zero-order valence-electron chi connectivity index (χ0n) is 11.0. The van der Waals surface area contributed by atoms with Crippen molar-refractivity contribution in [3.8, 4) is 0 Å². The summed E-state index contributed by atoms with van der Waals surface area (Å²) in [5.41, 5.74) is 1.22. The van der Waals surface area contributed by atoms with E-state index in [2.05, 4.69) is 26.6 Å². The van der Waals surface area contributed by atoms with Crippen LogP contribution in [0.1, 0.15) is 35.2 Å². The first-order chi connectivity index (χ1) is 9.56. The van der Waals surface area contributed by atoms with Crippen LogP contribution in [-0.4, -0.2) is 29.6 Å². The Bertz CT molecular complexity index is 515. The van der Waals surface area contributed by atoms with E-state index in [9.17, 15) is 9.59 Å². The highest BCUT2D eigenvalue weighted by atomic mass is 79.9. The number of nitrogens with one attached hydrogen (secondary N) is 2. The molecule has 20 heavy (non-hydrogen) atoms. The number of aromatic carboxylic acids is 1. The number of hydrogen-bond acceptors (Lipinski definition) is 3. The van der Waals surface area contributed by atoms with E-state index in [0.29, 0.717) is 25.6 Å². The summed E-state index contributed by atoms with van der Waals surface area (Å²) in [6, 6.07) is 5.33. The molecule has 0 radical (unpaired) electrons. The van der Waals surface area contributed by atoms with Crippen molar-refractivity contribution in [2.45, 2.75) is 31.8 Å². The molecule has 0 heterocycles. The van der Waals surface area contributed by atoms with Gasteiger partial charge < -0.3 is 15.7 Å². The first-order valence-corrected chi connectivity index (χ1v) is 7.37. The molecule has 108 valence electrons. The van der Waals surface area contributed by atoms with Crippen LogP contribution in [0.2, 0.25) is 0 Å². The van der Waals surface area contributed by atoms with Gasteiger partial charge in [0.15, 0.2) is 0 Å². The molecule has 6 heteroatoms. The molecule has 1 amide bonds. The molecular weight excluding hydrogens is 324 g/mol. The fourth-order valence-corrected chi connectivity index (χ4v) is 2.30. The Labute approximate surface area is 125 Å². The number of carbonyl (C=O) groups is 2. The molecule has 1 aliphatic carbocycles. The molecule has 2 rings (SSSR count). The second-order valence-corrected chi connectivity index (χ2v) is 5.73. The number of carbonyl (C=O) groups excluding carboxylic acids is 1. The summed E-state index contributed by atoms with van der Waals surface area (Å²) in [7, 11) is 0. The molecule has 0 aromatic heterocycles. The second kappa shape index (κ2) is 6.85. The van der Waals surface area contributed by atoms with Gasteiger partial charge in [-0.15, -0.1) is 0 Å². The molecule has 1 aromatic carbocycles. The molecule has 0 spiro atoms. The predicted molar refractivity (Wildman–Crippen MR) is 78.6 cm³/mol. The molecule has 0 bridgehead atoms. The third-order valence-electron chi connectivity index (χ3n) is 3.09. The van der Waals surface area contributed by atoms with E-state index in [1.54, 1.807) is 18.2 Å². The monoisotopic (exact) mass is 340 g/mol. The van der Waals surface area contributed by atoms with Crippen LogP contribution in [0.5, 0.6) is 0 Å². The van der Waals surface area contributed by atoms with E-state index in [1.165, 1.54) is 0 Å². The third kappa shape index (κ3) is 4.61. The van der Waals surface area contributed by atoms with Gasteiger partial charge in [-0.3, -0.25) is 4.79 Å². The number of amides is 1. The maximum Gasteiger partial charge on any atom is 0.335 e. The highest BCUT2D eigenvalue weighted by molar-refractivity contribution is 9.10. The molecule has 0 atom stereocenters. The van der Waals surface area contributed by atoms with Crippen molar-refractivity contribution < 1.29 is 14.7 Å². The molecular formula is C14H17BrN2O3. The van der Waals surface area contributed by atoms with Crippen LogP contribution in [0.25, 0.3) is 0 Å². The fourth-order valence-electron chi connectivity index (χ4n) is 1.78. The van der Waals surface area contributed by atoms with Gasteiger partial charge in [0.05, 0.1) is 5.56 Å². The normalized spacial score (nSPS) is 14.1. The largest absolute Gasteiger partial charge is 0.478 e. The SMILES string of the molecule is O=C(CCNCc1ccc(C(=O)O)cc1Br)NC1CC1. The van der Waals surface area contributed by atoms with Crippen LogP contribution in [-0.2, 0) is 11.3 Å². The molecule has 3 N–H and O–H groups in total. The summed E-state index contributed by atoms with van der Waals surface area (Å²) in [4.78, 5) is 22.3. The molecule has 0 saturated heterocycles. The van der Waals surface area contributed by atoms with Crippen LogP contribution in [0, 0.1) is 0 Å². The van der Waals surface area contributed by atoms with Gasteiger partial charge in [-0.25, -0.2) is 4.79 Å². The highest BCUT2D eigenvalue weighted by Crippen LogP contribution is 2.19. The fraction of sp³-hybridized carbons (Fsp3) is 0.429. The van der Waals surface area contributed by atoms with Crippen LogP contribution in [0.15, 0.2) is 22.7 Å². The summed E-state index contributed by atoms with van der Waals surface area (Å²) >= 11 is 3.35. The first kappa shape index (κ1) is 15.0. The smallest absolute Gasteiger partial charge is 0.335 e. The standard InChI is InChI=1S/C14H17BrN2O3/c15-12-7-9(14(19)20)1-2-10(12)8-16-6-5-13(18)17-11-3-4-11/h1-2,7,11,16H,3-6,8H2,(H,17,18)(H,19,20). The number of carboxylic acids is 1. The number of benzene rings is 1. The van der Waals surface area contributed by atoms with Gasteiger partial charge in [0.25, 0.3) is 0 Å². The average molecular weight is 341 g/mol. The van der Waals surface area contributed by atoms with Crippen molar-refractivity contribution in [1.29, 1.82) is 0 Å². The molecule has 0 unspecified atom stereocenters. The average Bonchev–Trinajstić information content (AvgIpc) is 3.19.